The lowest BCUT2D eigenvalue weighted by atomic mass is 10.2. The number of carbonyl (C=O) groups is 1. The molecular formula is C24H28ClN5O3. The largest absolute Gasteiger partial charge is 0.383 e. The molecule has 0 saturated carbocycles. The van der Waals surface area contributed by atoms with Crippen molar-refractivity contribution in [1.29, 1.82) is 0 Å². The first-order chi connectivity index (χ1) is 15.7. The van der Waals surface area contributed by atoms with Gasteiger partial charge in [0.15, 0.2) is 5.69 Å². The summed E-state index contributed by atoms with van der Waals surface area (Å²) in [7, 11) is 0. The number of aryl methyl sites for hydroxylation is 1. The van der Waals surface area contributed by atoms with E-state index in [2.05, 4.69) is 10.3 Å². The number of nitrogens with two attached hydrogens (primary N) is 1. The summed E-state index contributed by atoms with van der Waals surface area (Å²) in [6.07, 6.45) is 0. The van der Waals surface area contributed by atoms with E-state index in [0.29, 0.717) is 5.02 Å². The summed E-state index contributed by atoms with van der Waals surface area (Å²) in [6, 6.07) is 14.6. The third kappa shape index (κ3) is 5.84. The van der Waals surface area contributed by atoms with E-state index in [1.54, 1.807) is 18.2 Å². The van der Waals surface area contributed by atoms with Gasteiger partial charge in [0.1, 0.15) is 5.82 Å². The number of nitrogens with zero attached hydrogens (tertiary/aromatic N) is 2. The molecule has 0 atom stereocenters. The van der Waals surface area contributed by atoms with E-state index in [0.717, 1.165) is 16.8 Å². The third-order valence-corrected chi connectivity index (χ3v) is 5.37. The van der Waals surface area contributed by atoms with E-state index in [4.69, 9.17) is 17.3 Å². The predicted molar refractivity (Wildman–Crippen MR) is 133 cm³/mol. The Bertz CT molecular complexity index is 1250. The fourth-order valence-electron chi connectivity index (χ4n) is 3.54. The summed E-state index contributed by atoms with van der Waals surface area (Å²) in [6.45, 7) is 6.11. The molecule has 0 aliphatic heterocycles. The number of anilines is 3. The molecule has 0 fully saturated rings. The van der Waals surface area contributed by atoms with Crippen molar-refractivity contribution in [3.63, 3.8) is 0 Å². The maximum atomic E-state index is 13.2. The van der Waals surface area contributed by atoms with Crippen molar-refractivity contribution >= 4 is 34.7 Å². The van der Waals surface area contributed by atoms with Gasteiger partial charge in [-0.05, 0) is 42.2 Å². The van der Waals surface area contributed by atoms with Gasteiger partial charge >= 0.3 is 5.69 Å². The minimum atomic E-state index is -0.696. The molecule has 0 bridgehead atoms. The van der Waals surface area contributed by atoms with Crippen LogP contribution in [0.25, 0.3) is 0 Å². The smallest absolute Gasteiger partial charge is 0.330 e. The van der Waals surface area contributed by atoms with Crippen LogP contribution in [0.1, 0.15) is 25.0 Å². The Balaban J connectivity index is 1.95. The number of H-pyrrole nitrogens is 1. The molecule has 8 nitrogen and oxygen atoms in total. The van der Waals surface area contributed by atoms with Crippen molar-refractivity contribution in [3.05, 3.63) is 85.5 Å². The zero-order chi connectivity index (χ0) is 24.1. The predicted octanol–water partition coefficient (Wildman–Crippen LogP) is 3.23. The lowest BCUT2D eigenvalue weighted by Gasteiger charge is -2.26. The second-order valence-corrected chi connectivity index (χ2v) is 8.71. The Kier molecular flexibility index (Phi) is 7.60. The number of nitrogens with one attached hydrogen (secondary N) is 2. The fraction of sp³-hybridized carbons (Fsp3) is 0.292. The number of halogens is 1. The molecule has 1 amide bonds. The van der Waals surface area contributed by atoms with Crippen LogP contribution in [0.5, 0.6) is 0 Å². The average Bonchev–Trinajstić information content (AvgIpc) is 2.75. The SMILES string of the molecule is Cc1cc(Cl)ccc1NCC(=O)N(CC(C)C)c1c(N)n(Cc2ccccc2)c(=O)[nH]c1=O. The summed E-state index contributed by atoms with van der Waals surface area (Å²) in [5.74, 6) is -0.344. The molecule has 0 aliphatic carbocycles. The Morgan fingerprint density at radius 2 is 1.88 bits per heavy atom. The average molecular weight is 470 g/mol. The van der Waals surface area contributed by atoms with E-state index < -0.39 is 11.2 Å². The van der Waals surface area contributed by atoms with Crippen molar-refractivity contribution in [2.24, 2.45) is 5.92 Å². The van der Waals surface area contributed by atoms with Gasteiger partial charge in [-0.1, -0.05) is 55.8 Å². The molecule has 2 aromatic carbocycles. The minimum Gasteiger partial charge on any atom is -0.383 e. The van der Waals surface area contributed by atoms with Crippen molar-refractivity contribution < 1.29 is 4.79 Å². The molecule has 0 saturated heterocycles. The number of aromatic nitrogens is 2. The normalized spacial score (nSPS) is 10.9. The monoisotopic (exact) mass is 469 g/mol. The number of aromatic amines is 1. The van der Waals surface area contributed by atoms with Gasteiger partial charge in [-0.25, -0.2) is 4.79 Å². The molecule has 33 heavy (non-hydrogen) atoms. The highest BCUT2D eigenvalue weighted by molar-refractivity contribution is 6.30. The maximum absolute atomic E-state index is 13.2. The van der Waals surface area contributed by atoms with E-state index >= 15 is 0 Å². The van der Waals surface area contributed by atoms with Gasteiger partial charge in [-0.3, -0.25) is 19.1 Å². The third-order valence-electron chi connectivity index (χ3n) is 5.13. The van der Waals surface area contributed by atoms with Crippen LogP contribution in [0.4, 0.5) is 17.2 Å². The number of rotatable bonds is 8. The highest BCUT2D eigenvalue weighted by atomic mass is 35.5. The lowest BCUT2D eigenvalue weighted by Crippen LogP contribution is -2.44. The van der Waals surface area contributed by atoms with Gasteiger partial charge in [-0.15, -0.1) is 0 Å². The molecule has 9 heteroatoms. The molecular weight excluding hydrogens is 442 g/mol. The number of carbonyl (C=O) groups excluding carboxylic acids is 1. The molecule has 0 unspecified atom stereocenters. The van der Waals surface area contributed by atoms with Crippen LogP contribution in [-0.4, -0.2) is 28.5 Å². The first kappa shape index (κ1) is 24.1. The number of hydrogen-bond acceptors (Lipinski definition) is 5. The summed E-state index contributed by atoms with van der Waals surface area (Å²) >= 11 is 6.00. The van der Waals surface area contributed by atoms with Crippen molar-refractivity contribution in [1.82, 2.24) is 9.55 Å². The number of nitrogen functional groups attached to an aromatic ring is 1. The first-order valence-corrected chi connectivity index (χ1v) is 11.0. The summed E-state index contributed by atoms with van der Waals surface area (Å²) in [4.78, 5) is 42.2. The maximum Gasteiger partial charge on any atom is 0.330 e. The van der Waals surface area contributed by atoms with Crippen LogP contribution in [0.3, 0.4) is 0 Å². The van der Waals surface area contributed by atoms with Crippen LogP contribution < -0.4 is 27.2 Å². The Morgan fingerprint density at radius 1 is 1.18 bits per heavy atom. The highest BCUT2D eigenvalue weighted by Gasteiger charge is 2.25. The van der Waals surface area contributed by atoms with Crippen LogP contribution in [-0.2, 0) is 11.3 Å². The van der Waals surface area contributed by atoms with Crippen molar-refractivity contribution in [3.8, 4) is 0 Å². The van der Waals surface area contributed by atoms with Crippen LogP contribution in [0, 0.1) is 12.8 Å². The van der Waals surface area contributed by atoms with E-state index in [9.17, 15) is 14.4 Å². The quantitative estimate of drug-likeness (QED) is 0.468. The lowest BCUT2D eigenvalue weighted by molar-refractivity contribution is -0.117. The van der Waals surface area contributed by atoms with E-state index in [1.165, 1.54) is 9.47 Å². The van der Waals surface area contributed by atoms with E-state index in [1.807, 2.05) is 51.1 Å². The van der Waals surface area contributed by atoms with Gasteiger partial charge < -0.3 is 16.0 Å². The number of hydrogen-bond donors (Lipinski definition) is 3. The summed E-state index contributed by atoms with van der Waals surface area (Å²) < 4.78 is 1.27. The molecule has 1 heterocycles. The van der Waals surface area contributed by atoms with Gasteiger partial charge in [0, 0.05) is 17.3 Å². The van der Waals surface area contributed by atoms with Crippen molar-refractivity contribution in [2.45, 2.75) is 27.3 Å². The molecule has 0 radical (unpaired) electrons. The summed E-state index contributed by atoms with van der Waals surface area (Å²) in [5, 5.41) is 3.70. The number of benzene rings is 2. The second kappa shape index (κ2) is 10.4. The molecule has 4 N–H and O–H groups in total. The first-order valence-electron chi connectivity index (χ1n) is 10.6. The second-order valence-electron chi connectivity index (χ2n) is 8.28. The molecule has 0 spiro atoms. The van der Waals surface area contributed by atoms with Crippen LogP contribution >= 0.6 is 11.6 Å². The Labute approximate surface area is 197 Å². The highest BCUT2D eigenvalue weighted by Crippen LogP contribution is 2.22. The molecule has 1 aromatic heterocycles. The number of amides is 1. The van der Waals surface area contributed by atoms with Gasteiger partial charge in [0.25, 0.3) is 5.56 Å². The van der Waals surface area contributed by atoms with Crippen LogP contribution in [0.15, 0.2) is 58.1 Å². The van der Waals surface area contributed by atoms with Gasteiger partial charge in [0.2, 0.25) is 5.91 Å². The van der Waals surface area contributed by atoms with Gasteiger partial charge in [0.05, 0.1) is 13.1 Å². The molecule has 3 rings (SSSR count). The molecule has 3 aromatic rings. The fourth-order valence-corrected chi connectivity index (χ4v) is 3.76. The Morgan fingerprint density at radius 3 is 2.52 bits per heavy atom. The minimum absolute atomic E-state index is 0.0288. The summed E-state index contributed by atoms with van der Waals surface area (Å²) in [5.41, 5.74) is 7.44. The molecule has 0 aliphatic rings. The van der Waals surface area contributed by atoms with Crippen LogP contribution in [0.2, 0.25) is 5.02 Å². The standard InChI is InChI=1S/C24H28ClN5O3/c1-15(2)13-29(20(31)12-27-19-10-9-18(25)11-16(19)3)21-22(26)30(24(33)28-23(21)32)14-17-7-5-4-6-8-17/h4-11,15,27H,12-14,26H2,1-3H3,(H,28,32,33). The van der Waals surface area contributed by atoms with Crippen molar-refractivity contribution in [2.75, 3.05) is 29.0 Å². The topological polar surface area (TPSA) is 113 Å². The zero-order valence-electron chi connectivity index (χ0n) is 18.9. The van der Waals surface area contributed by atoms with Gasteiger partial charge in [-0.2, -0.15) is 0 Å². The van der Waals surface area contributed by atoms with E-state index in [-0.39, 0.29) is 43.0 Å². The molecule has 174 valence electrons. The Hall–Kier alpha value is -3.52. The zero-order valence-corrected chi connectivity index (χ0v) is 19.6.